The van der Waals surface area contributed by atoms with E-state index in [1.807, 2.05) is 0 Å². The van der Waals surface area contributed by atoms with Gasteiger partial charge in [-0.05, 0) is 30.3 Å². The Morgan fingerprint density at radius 1 is 1.21 bits per heavy atom. The number of carbonyl (C=O) groups is 3. The summed E-state index contributed by atoms with van der Waals surface area (Å²) in [6.07, 6.45) is -0.0286. The summed E-state index contributed by atoms with van der Waals surface area (Å²) in [5, 5.41) is 3.40. The minimum atomic E-state index is -0.692. The van der Waals surface area contributed by atoms with Crippen molar-refractivity contribution in [2.75, 3.05) is 30.5 Å². The van der Waals surface area contributed by atoms with Gasteiger partial charge in [-0.2, -0.15) is 0 Å². The van der Waals surface area contributed by atoms with E-state index in [0.29, 0.717) is 27.2 Å². The van der Waals surface area contributed by atoms with Crippen LogP contribution < -0.4 is 15.0 Å². The fourth-order valence-corrected chi connectivity index (χ4v) is 3.33. The van der Waals surface area contributed by atoms with Crippen molar-refractivity contribution >= 4 is 52.4 Å². The molecule has 0 bridgehead atoms. The molecular formula is C20H18Cl2N2O5. The van der Waals surface area contributed by atoms with E-state index < -0.39 is 24.4 Å². The Hall–Kier alpha value is -2.77. The lowest BCUT2D eigenvalue weighted by Crippen LogP contribution is -2.28. The summed E-state index contributed by atoms with van der Waals surface area (Å²) in [6, 6.07) is 11.6. The quantitative estimate of drug-likeness (QED) is 0.699. The summed E-state index contributed by atoms with van der Waals surface area (Å²) in [4.78, 5) is 38.1. The Kier molecular flexibility index (Phi) is 6.61. The second-order valence-electron chi connectivity index (χ2n) is 6.39. The molecule has 2 aromatic carbocycles. The van der Waals surface area contributed by atoms with Crippen LogP contribution in [0.2, 0.25) is 10.0 Å². The highest BCUT2D eigenvalue weighted by molar-refractivity contribution is 6.35. The van der Waals surface area contributed by atoms with Crippen LogP contribution in [0, 0.1) is 5.92 Å². The van der Waals surface area contributed by atoms with Crippen LogP contribution in [0.3, 0.4) is 0 Å². The van der Waals surface area contributed by atoms with E-state index in [1.54, 1.807) is 42.5 Å². The molecule has 1 fully saturated rings. The highest BCUT2D eigenvalue weighted by atomic mass is 35.5. The van der Waals surface area contributed by atoms with Gasteiger partial charge >= 0.3 is 5.97 Å². The normalized spacial score (nSPS) is 15.9. The van der Waals surface area contributed by atoms with Crippen LogP contribution in [0.1, 0.15) is 6.42 Å². The van der Waals surface area contributed by atoms with Gasteiger partial charge in [0.2, 0.25) is 5.91 Å². The van der Waals surface area contributed by atoms with Gasteiger partial charge in [0.05, 0.1) is 23.7 Å². The number of methoxy groups -OCH3 is 1. The number of hydrogen-bond donors (Lipinski definition) is 1. The van der Waals surface area contributed by atoms with E-state index in [-0.39, 0.29) is 18.9 Å². The largest absolute Gasteiger partial charge is 0.497 e. The van der Waals surface area contributed by atoms with Crippen molar-refractivity contribution in [2.45, 2.75) is 6.42 Å². The first kappa shape index (κ1) is 21.0. The van der Waals surface area contributed by atoms with Gasteiger partial charge in [-0.1, -0.05) is 29.3 Å². The maximum absolute atomic E-state index is 12.3. The summed E-state index contributed by atoms with van der Waals surface area (Å²) in [6.45, 7) is -0.353. The number of carbonyl (C=O) groups excluding carboxylic acids is 3. The van der Waals surface area contributed by atoms with E-state index in [0.717, 1.165) is 0 Å². The predicted octanol–water partition coefficient (Wildman–Crippen LogP) is 3.54. The van der Waals surface area contributed by atoms with Crippen LogP contribution in [-0.4, -0.2) is 38.0 Å². The molecule has 29 heavy (non-hydrogen) atoms. The SMILES string of the molecule is COc1cccc(NC(=O)COC(=O)[C@H]2CC(=O)N(c3cc(Cl)ccc3Cl)C2)c1. The van der Waals surface area contributed by atoms with Crippen molar-refractivity contribution < 1.29 is 23.9 Å². The van der Waals surface area contributed by atoms with Crippen LogP contribution in [0.25, 0.3) is 0 Å². The number of anilines is 2. The Balaban J connectivity index is 1.55. The summed E-state index contributed by atoms with van der Waals surface area (Å²) in [7, 11) is 1.52. The number of nitrogens with one attached hydrogen (secondary N) is 1. The molecule has 1 aliphatic heterocycles. The van der Waals surface area contributed by atoms with E-state index in [4.69, 9.17) is 32.7 Å². The Bertz CT molecular complexity index is 950. The molecule has 3 rings (SSSR count). The Morgan fingerprint density at radius 2 is 2.00 bits per heavy atom. The predicted molar refractivity (Wildman–Crippen MR) is 110 cm³/mol. The van der Waals surface area contributed by atoms with Crippen LogP contribution in [0.4, 0.5) is 11.4 Å². The van der Waals surface area contributed by atoms with E-state index in [2.05, 4.69) is 5.32 Å². The third kappa shape index (κ3) is 5.19. The molecule has 0 saturated carbocycles. The van der Waals surface area contributed by atoms with Gasteiger partial charge in [0.25, 0.3) is 5.91 Å². The molecule has 1 heterocycles. The van der Waals surface area contributed by atoms with Crippen LogP contribution in [-0.2, 0) is 19.1 Å². The molecule has 1 aliphatic rings. The minimum Gasteiger partial charge on any atom is -0.497 e. The van der Waals surface area contributed by atoms with Crippen LogP contribution in [0.15, 0.2) is 42.5 Å². The number of ether oxygens (including phenoxy) is 2. The molecule has 0 unspecified atom stereocenters. The first-order chi connectivity index (χ1) is 13.9. The Labute approximate surface area is 177 Å². The number of hydrogen-bond acceptors (Lipinski definition) is 5. The monoisotopic (exact) mass is 436 g/mol. The van der Waals surface area contributed by atoms with Crippen molar-refractivity contribution in [3.8, 4) is 5.75 Å². The third-order valence-corrected chi connectivity index (χ3v) is 4.91. The molecule has 2 aromatic rings. The van der Waals surface area contributed by atoms with E-state index >= 15 is 0 Å². The first-order valence-corrected chi connectivity index (χ1v) is 9.49. The van der Waals surface area contributed by atoms with Gasteiger partial charge in [0.1, 0.15) is 5.75 Å². The minimum absolute atomic E-state index is 0.0286. The third-order valence-electron chi connectivity index (χ3n) is 4.36. The number of esters is 1. The fraction of sp³-hybridized carbons (Fsp3) is 0.250. The molecule has 9 heteroatoms. The van der Waals surface area contributed by atoms with Crippen molar-refractivity contribution in [1.29, 1.82) is 0 Å². The molecule has 1 N–H and O–H groups in total. The summed E-state index contributed by atoms with van der Waals surface area (Å²) < 4.78 is 10.2. The molecule has 0 radical (unpaired) electrons. The zero-order valence-corrected chi connectivity index (χ0v) is 17.0. The number of benzene rings is 2. The standard InChI is InChI=1S/C20H18Cl2N2O5/c1-28-15-4-2-3-14(9-15)23-18(25)11-29-20(27)12-7-19(26)24(10-12)17-8-13(21)5-6-16(17)22/h2-6,8-9,12H,7,10-11H2,1H3,(H,23,25)/t12-/m0/s1. The van der Waals surface area contributed by atoms with E-state index in [1.165, 1.54) is 12.0 Å². The number of amides is 2. The van der Waals surface area contributed by atoms with Crippen molar-refractivity contribution in [1.82, 2.24) is 0 Å². The lowest BCUT2D eigenvalue weighted by Gasteiger charge is -2.18. The van der Waals surface area contributed by atoms with Gasteiger partial charge in [0.15, 0.2) is 6.61 Å². The summed E-state index contributed by atoms with van der Waals surface area (Å²) in [5.41, 5.74) is 0.957. The molecule has 152 valence electrons. The lowest BCUT2D eigenvalue weighted by atomic mass is 10.1. The fourth-order valence-electron chi connectivity index (χ4n) is 2.94. The maximum Gasteiger partial charge on any atom is 0.311 e. The summed E-state index contributed by atoms with van der Waals surface area (Å²) in [5.74, 6) is -1.49. The molecular weight excluding hydrogens is 419 g/mol. The number of rotatable bonds is 6. The van der Waals surface area contributed by atoms with Crippen LogP contribution in [0.5, 0.6) is 5.75 Å². The second kappa shape index (κ2) is 9.15. The van der Waals surface area contributed by atoms with Gasteiger partial charge < -0.3 is 19.7 Å². The number of nitrogens with zero attached hydrogens (tertiary/aromatic N) is 1. The van der Waals surface area contributed by atoms with Gasteiger partial charge in [0, 0.05) is 29.7 Å². The van der Waals surface area contributed by atoms with Gasteiger partial charge in [-0.25, -0.2) is 0 Å². The topological polar surface area (TPSA) is 84.9 Å². The van der Waals surface area contributed by atoms with Gasteiger partial charge in [-0.3, -0.25) is 14.4 Å². The van der Waals surface area contributed by atoms with Gasteiger partial charge in [-0.15, -0.1) is 0 Å². The molecule has 1 saturated heterocycles. The molecule has 0 aromatic heterocycles. The number of halogens is 2. The highest BCUT2D eigenvalue weighted by Gasteiger charge is 2.37. The Morgan fingerprint density at radius 3 is 2.76 bits per heavy atom. The van der Waals surface area contributed by atoms with Crippen molar-refractivity contribution in [3.63, 3.8) is 0 Å². The molecule has 2 amide bonds. The van der Waals surface area contributed by atoms with E-state index in [9.17, 15) is 14.4 Å². The molecule has 0 spiro atoms. The van der Waals surface area contributed by atoms with Crippen molar-refractivity contribution in [3.05, 3.63) is 52.5 Å². The van der Waals surface area contributed by atoms with Crippen LogP contribution >= 0.6 is 23.2 Å². The zero-order chi connectivity index (χ0) is 21.0. The second-order valence-corrected chi connectivity index (χ2v) is 7.23. The summed E-state index contributed by atoms with van der Waals surface area (Å²) >= 11 is 12.1. The maximum atomic E-state index is 12.3. The lowest BCUT2D eigenvalue weighted by molar-refractivity contribution is -0.151. The first-order valence-electron chi connectivity index (χ1n) is 8.73. The smallest absolute Gasteiger partial charge is 0.311 e. The zero-order valence-electron chi connectivity index (χ0n) is 15.5. The molecule has 7 nitrogen and oxygen atoms in total. The average Bonchev–Trinajstić information content (AvgIpc) is 3.09. The van der Waals surface area contributed by atoms with Crippen molar-refractivity contribution in [2.24, 2.45) is 5.92 Å². The molecule has 1 atom stereocenters. The highest BCUT2D eigenvalue weighted by Crippen LogP contribution is 2.33. The molecule has 0 aliphatic carbocycles. The average molecular weight is 437 g/mol.